The van der Waals surface area contributed by atoms with Crippen molar-refractivity contribution in [1.82, 2.24) is 0 Å². The lowest BCUT2D eigenvalue weighted by atomic mass is 9.90. The van der Waals surface area contributed by atoms with Gasteiger partial charge < -0.3 is 19.5 Å². The summed E-state index contributed by atoms with van der Waals surface area (Å²) in [4.78, 5) is 0. The van der Waals surface area contributed by atoms with Crippen LogP contribution in [0.25, 0.3) is 22.3 Å². The highest BCUT2D eigenvalue weighted by molar-refractivity contribution is 5.79. The van der Waals surface area contributed by atoms with E-state index in [9.17, 15) is 0 Å². The molecule has 36 heavy (non-hydrogen) atoms. The Morgan fingerprint density at radius 3 is 1.31 bits per heavy atom. The first-order valence-electron chi connectivity index (χ1n) is 11.7. The van der Waals surface area contributed by atoms with Gasteiger partial charge in [-0.25, -0.2) is 8.78 Å². The van der Waals surface area contributed by atoms with Crippen molar-refractivity contribution < 1.29 is 17.6 Å². The number of rotatable bonds is 8. The number of furan rings is 2. The highest BCUT2D eigenvalue weighted by Crippen LogP contribution is 2.38. The predicted octanol–water partition coefficient (Wildman–Crippen LogP) is 8.33. The molecular formula is C30H26F2N2O2. The second kappa shape index (κ2) is 10.1. The topological polar surface area (TPSA) is 50.3 Å². The van der Waals surface area contributed by atoms with Gasteiger partial charge in [0.25, 0.3) is 0 Å². The molecule has 0 saturated heterocycles. The Labute approximate surface area is 208 Å². The van der Waals surface area contributed by atoms with E-state index >= 15 is 8.78 Å². The fourth-order valence-corrected chi connectivity index (χ4v) is 4.32. The molecule has 0 spiro atoms. The second-order valence-corrected chi connectivity index (χ2v) is 8.65. The third kappa shape index (κ3) is 4.75. The average Bonchev–Trinajstić information content (AvgIpc) is 3.61. The fourth-order valence-electron chi connectivity index (χ4n) is 4.32. The molecule has 0 atom stereocenters. The zero-order valence-corrected chi connectivity index (χ0v) is 20.1. The Bertz CT molecular complexity index is 1300. The number of halogens is 2. The van der Waals surface area contributed by atoms with Crippen LogP contribution in [0.3, 0.4) is 0 Å². The summed E-state index contributed by atoms with van der Waals surface area (Å²) in [6.07, 6.45) is 3.25. The minimum atomic E-state index is -0.416. The first-order valence-corrected chi connectivity index (χ1v) is 11.7. The SMILES string of the molecule is Cc1c(F)c(-c2ccc(NCc3ccco3)cc2)c(C)c(F)c1-c1ccc(NCc2ccco2)cc1. The summed E-state index contributed by atoms with van der Waals surface area (Å²) in [5, 5.41) is 6.52. The molecule has 5 rings (SSSR count). The first-order chi connectivity index (χ1) is 17.5. The summed E-state index contributed by atoms with van der Waals surface area (Å²) in [6.45, 7) is 4.33. The van der Waals surface area contributed by atoms with Crippen LogP contribution in [0, 0.1) is 25.5 Å². The van der Waals surface area contributed by atoms with E-state index in [1.165, 1.54) is 0 Å². The summed E-state index contributed by atoms with van der Waals surface area (Å²) < 4.78 is 42.0. The molecule has 0 aliphatic heterocycles. The van der Waals surface area contributed by atoms with Gasteiger partial charge in [-0.15, -0.1) is 0 Å². The van der Waals surface area contributed by atoms with Crippen molar-refractivity contribution in [1.29, 1.82) is 0 Å². The van der Waals surface area contributed by atoms with E-state index in [2.05, 4.69) is 10.6 Å². The Kier molecular flexibility index (Phi) is 6.58. The first kappa shape index (κ1) is 23.4. The molecule has 5 aromatic rings. The third-order valence-electron chi connectivity index (χ3n) is 6.29. The smallest absolute Gasteiger partial charge is 0.135 e. The van der Waals surface area contributed by atoms with Gasteiger partial charge in [-0.1, -0.05) is 24.3 Å². The van der Waals surface area contributed by atoms with Crippen LogP contribution >= 0.6 is 0 Å². The molecule has 0 radical (unpaired) electrons. The van der Waals surface area contributed by atoms with Gasteiger partial charge >= 0.3 is 0 Å². The summed E-state index contributed by atoms with van der Waals surface area (Å²) in [7, 11) is 0. The van der Waals surface area contributed by atoms with Crippen LogP contribution in [-0.4, -0.2) is 0 Å². The van der Waals surface area contributed by atoms with Gasteiger partial charge in [0.2, 0.25) is 0 Å². The van der Waals surface area contributed by atoms with Crippen molar-refractivity contribution >= 4 is 11.4 Å². The van der Waals surface area contributed by atoms with Crippen LogP contribution in [0.1, 0.15) is 22.6 Å². The molecule has 2 N–H and O–H groups in total. The van der Waals surface area contributed by atoms with Crippen LogP contribution in [0.4, 0.5) is 20.2 Å². The van der Waals surface area contributed by atoms with Crippen molar-refractivity contribution in [2.45, 2.75) is 26.9 Å². The standard InChI is InChI=1S/C30H26F2N2O2/c1-19-27(21-7-11-23(12-8-21)33-17-25-5-3-15-35-25)30(32)20(2)28(29(19)31)22-9-13-24(14-10-22)34-18-26-6-4-16-36-26/h3-16,33-34H,17-18H2,1-2H3. The van der Waals surface area contributed by atoms with Gasteiger partial charge in [-0.3, -0.25) is 0 Å². The van der Waals surface area contributed by atoms with Crippen molar-refractivity contribution in [3.63, 3.8) is 0 Å². The highest BCUT2D eigenvalue weighted by atomic mass is 19.1. The molecule has 3 aromatic carbocycles. The van der Waals surface area contributed by atoms with E-state index in [-0.39, 0.29) is 22.3 Å². The maximum atomic E-state index is 15.6. The van der Waals surface area contributed by atoms with Crippen molar-refractivity contribution in [2.24, 2.45) is 0 Å². The van der Waals surface area contributed by atoms with E-state index in [0.29, 0.717) is 24.2 Å². The van der Waals surface area contributed by atoms with Crippen LogP contribution in [-0.2, 0) is 13.1 Å². The van der Waals surface area contributed by atoms with Crippen LogP contribution < -0.4 is 10.6 Å². The van der Waals surface area contributed by atoms with Crippen LogP contribution in [0.5, 0.6) is 0 Å². The van der Waals surface area contributed by atoms with E-state index in [0.717, 1.165) is 22.9 Å². The average molecular weight is 485 g/mol. The lowest BCUT2D eigenvalue weighted by Crippen LogP contribution is -2.02. The maximum Gasteiger partial charge on any atom is 0.135 e. The number of nitrogens with one attached hydrogen (secondary N) is 2. The minimum Gasteiger partial charge on any atom is -0.467 e. The minimum absolute atomic E-state index is 0.281. The van der Waals surface area contributed by atoms with Gasteiger partial charge in [0.05, 0.1) is 25.6 Å². The largest absolute Gasteiger partial charge is 0.467 e. The van der Waals surface area contributed by atoms with Crippen molar-refractivity contribution in [2.75, 3.05) is 10.6 Å². The van der Waals surface area contributed by atoms with Crippen LogP contribution in [0.15, 0.2) is 94.2 Å². The van der Waals surface area contributed by atoms with Gasteiger partial charge in [0.15, 0.2) is 0 Å². The molecule has 0 aliphatic carbocycles. The fraction of sp³-hybridized carbons (Fsp3) is 0.133. The Morgan fingerprint density at radius 1 is 0.583 bits per heavy atom. The lowest BCUT2D eigenvalue weighted by Gasteiger charge is -2.17. The van der Waals surface area contributed by atoms with Crippen molar-refractivity contribution in [3.8, 4) is 22.3 Å². The van der Waals surface area contributed by atoms with Crippen molar-refractivity contribution in [3.05, 3.63) is 120 Å². The zero-order valence-electron chi connectivity index (χ0n) is 20.1. The molecular weight excluding hydrogens is 458 g/mol. The van der Waals surface area contributed by atoms with E-state index in [4.69, 9.17) is 8.83 Å². The second-order valence-electron chi connectivity index (χ2n) is 8.65. The lowest BCUT2D eigenvalue weighted by molar-refractivity contribution is 0.518. The molecule has 0 fully saturated rings. The normalized spacial score (nSPS) is 11.0. The van der Waals surface area contributed by atoms with Gasteiger partial charge in [0, 0.05) is 22.5 Å². The molecule has 4 nitrogen and oxygen atoms in total. The molecule has 182 valence electrons. The third-order valence-corrected chi connectivity index (χ3v) is 6.29. The van der Waals surface area contributed by atoms with E-state index in [1.807, 2.05) is 48.5 Å². The number of hydrogen-bond donors (Lipinski definition) is 2. The highest BCUT2D eigenvalue weighted by Gasteiger charge is 2.22. The maximum absolute atomic E-state index is 15.6. The number of benzene rings is 3. The quantitative estimate of drug-likeness (QED) is 0.232. The molecule has 0 aliphatic rings. The van der Waals surface area contributed by atoms with E-state index in [1.54, 1.807) is 50.6 Å². The molecule has 0 amide bonds. The zero-order chi connectivity index (χ0) is 25.1. The molecule has 6 heteroatoms. The molecule has 0 bridgehead atoms. The summed E-state index contributed by atoms with van der Waals surface area (Å²) in [6, 6.07) is 22.1. The molecule has 0 unspecified atom stereocenters. The Balaban J connectivity index is 1.38. The van der Waals surface area contributed by atoms with Gasteiger partial charge in [0.1, 0.15) is 23.2 Å². The monoisotopic (exact) mass is 484 g/mol. The molecule has 0 saturated carbocycles. The molecule has 2 heterocycles. The predicted molar refractivity (Wildman–Crippen MR) is 139 cm³/mol. The summed E-state index contributed by atoms with van der Waals surface area (Å²) in [5.41, 5.74) is 4.10. The number of anilines is 2. The van der Waals surface area contributed by atoms with Gasteiger partial charge in [-0.05, 0) is 84.6 Å². The molecule has 2 aromatic heterocycles. The van der Waals surface area contributed by atoms with E-state index < -0.39 is 11.6 Å². The number of hydrogen-bond acceptors (Lipinski definition) is 4. The van der Waals surface area contributed by atoms with Gasteiger partial charge in [-0.2, -0.15) is 0 Å². The Morgan fingerprint density at radius 2 is 0.972 bits per heavy atom. The summed E-state index contributed by atoms with van der Waals surface area (Å²) in [5.74, 6) is 0.798. The van der Waals surface area contributed by atoms with Crippen LogP contribution in [0.2, 0.25) is 0 Å². The summed E-state index contributed by atoms with van der Waals surface area (Å²) >= 11 is 0. The Hall–Kier alpha value is -4.32.